The molecule has 4 aromatic rings. The van der Waals surface area contributed by atoms with Crippen molar-refractivity contribution in [2.45, 2.75) is 31.3 Å². The number of benzene rings is 3. The average molecular weight is 576 g/mol. The molecular formula is C28H28ClF2N3O2S2. The third kappa shape index (κ3) is 6.28. The van der Waals surface area contributed by atoms with Gasteiger partial charge in [0.25, 0.3) is 0 Å². The summed E-state index contributed by atoms with van der Waals surface area (Å²) in [6, 6.07) is 14.7. The van der Waals surface area contributed by atoms with Crippen LogP contribution < -0.4 is 19.1 Å². The minimum absolute atomic E-state index is 0.279. The van der Waals surface area contributed by atoms with E-state index in [0.717, 1.165) is 16.3 Å². The number of anilines is 2. The molecule has 5 nitrogen and oxygen atoms in total. The van der Waals surface area contributed by atoms with Crippen LogP contribution in [-0.4, -0.2) is 24.6 Å². The second-order valence-corrected chi connectivity index (χ2v) is 11.5. The SMILES string of the molecule is C/C=S(\c1cc(Cl)c(N[C@@H](C)c2cccc(F)c2)cc1F)N(Cc1ccc(OC)cc1OC)c1nccs1. The molecule has 10 heteroatoms. The van der Waals surface area contributed by atoms with E-state index in [1.165, 1.54) is 29.5 Å². The van der Waals surface area contributed by atoms with Gasteiger partial charge in [-0.15, -0.1) is 11.3 Å². The molecule has 0 saturated carbocycles. The molecule has 0 aliphatic carbocycles. The molecular weight excluding hydrogens is 548 g/mol. The number of nitrogens with zero attached hydrogens (tertiary/aromatic N) is 2. The van der Waals surface area contributed by atoms with Gasteiger partial charge < -0.3 is 14.8 Å². The van der Waals surface area contributed by atoms with E-state index >= 15 is 4.39 Å². The van der Waals surface area contributed by atoms with Crippen molar-refractivity contribution in [1.82, 2.24) is 4.98 Å². The van der Waals surface area contributed by atoms with Crippen LogP contribution in [-0.2, 0) is 6.54 Å². The summed E-state index contributed by atoms with van der Waals surface area (Å²) in [5, 5.41) is 8.13. The van der Waals surface area contributed by atoms with Crippen molar-refractivity contribution in [3.63, 3.8) is 0 Å². The molecule has 3 aromatic carbocycles. The zero-order valence-electron chi connectivity index (χ0n) is 21.4. The number of ether oxygens (including phenoxy) is 2. The fraction of sp³-hybridized carbons (Fsp3) is 0.214. The summed E-state index contributed by atoms with van der Waals surface area (Å²) in [5.74, 6) is 0.603. The van der Waals surface area contributed by atoms with Gasteiger partial charge in [0.2, 0.25) is 0 Å². The summed E-state index contributed by atoms with van der Waals surface area (Å²) in [6.45, 7) is 4.18. The zero-order valence-corrected chi connectivity index (χ0v) is 23.8. The first-order valence-electron chi connectivity index (χ1n) is 11.8. The van der Waals surface area contributed by atoms with Crippen molar-refractivity contribution < 1.29 is 18.3 Å². The maximum absolute atomic E-state index is 15.7. The van der Waals surface area contributed by atoms with Gasteiger partial charge in [0.15, 0.2) is 5.13 Å². The Morgan fingerprint density at radius 2 is 1.95 bits per heavy atom. The van der Waals surface area contributed by atoms with Gasteiger partial charge in [-0.1, -0.05) is 34.4 Å². The third-order valence-electron chi connectivity index (χ3n) is 5.87. The van der Waals surface area contributed by atoms with Crippen LogP contribution >= 0.6 is 33.6 Å². The molecule has 0 amide bonds. The minimum atomic E-state index is -0.829. The van der Waals surface area contributed by atoms with E-state index in [1.54, 1.807) is 32.5 Å². The predicted molar refractivity (Wildman–Crippen MR) is 155 cm³/mol. The van der Waals surface area contributed by atoms with Gasteiger partial charge >= 0.3 is 0 Å². The molecule has 0 bridgehead atoms. The Morgan fingerprint density at radius 3 is 2.61 bits per heavy atom. The highest BCUT2D eigenvalue weighted by Gasteiger charge is 2.22. The number of hydrogen-bond donors (Lipinski definition) is 1. The first-order chi connectivity index (χ1) is 18.3. The highest BCUT2D eigenvalue weighted by molar-refractivity contribution is 8.16. The standard InChI is InChI=1S/C28H28ClF2N3O2S2/c1-5-38(34(28-32-11-12-37-28)17-20-9-10-22(35-3)14-26(20)36-4)27-15-23(29)25(16-24(27)31)33-18(2)19-7-6-8-21(30)13-19/h5-16,18,33H,17H2,1-4H3/t18-,38?/m0/s1. The van der Waals surface area contributed by atoms with Crippen molar-refractivity contribution in [2.24, 2.45) is 0 Å². The van der Waals surface area contributed by atoms with Crippen molar-refractivity contribution in [2.75, 3.05) is 23.8 Å². The number of methoxy groups -OCH3 is 2. The number of hydrogen-bond acceptors (Lipinski definition) is 6. The van der Waals surface area contributed by atoms with Crippen molar-refractivity contribution >= 4 is 49.8 Å². The summed E-state index contributed by atoms with van der Waals surface area (Å²) < 4.78 is 42.4. The molecule has 2 atom stereocenters. The first-order valence-corrected chi connectivity index (χ1v) is 14.3. The van der Waals surface area contributed by atoms with E-state index in [0.29, 0.717) is 33.6 Å². The maximum Gasteiger partial charge on any atom is 0.195 e. The van der Waals surface area contributed by atoms with E-state index in [2.05, 4.69) is 10.3 Å². The van der Waals surface area contributed by atoms with E-state index in [9.17, 15) is 4.39 Å². The molecule has 0 saturated heterocycles. The molecule has 38 heavy (non-hydrogen) atoms. The Hall–Kier alpha value is -3.14. The molecule has 1 heterocycles. The quantitative estimate of drug-likeness (QED) is 0.193. The predicted octanol–water partition coefficient (Wildman–Crippen LogP) is 8.34. The van der Waals surface area contributed by atoms with E-state index in [1.807, 2.05) is 53.2 Å². The molecule has 0 spiro atoms. The van der Waals surface area contributed by atoms with Crippen molar-refractivity contribution in [3.05, 3.63) is 94.0 Å². The van der Waals surface area contributed by atoms with Crippen LogP contribution in [0.2, 0.25) is 5.02 Å². The van der Waals surface area contributed by atoms with Crippen LogP contribution in [0.25, 0.3) is 0 Å². The number of aromatic nitrogens is 1. The van der Waals surface area contributed by atoms with Crippen molar-refractivity contribution in [1.29, 1.82) is 0 Å². The molecule has 1 unspecified atom stereocenters. The lowest BCUT2D eigenvalue weighted by molar-refractivity contribution is 0.391. The second kappa shape index (κ2) is 12.6. The Morgan fingerprint density at radius 1 is 1.13 bits per heavy atom. The Labute approximate surface area is 233 Å². The summed E-state index contributed by atoms with van der Waals surface area (Å²) in [4.78, 5) is 4.95. The summed E-state index contributed by atoms with van der Waals surface area (Å²) in [6.07, 6.45) is 1.72. The lowest BCUT2D eigenvalue weighted by Crippen LogP contribution is -2.18. The monoisotopic (exact) mass is 575 g/mol. The molecule has 200 valence electrons. The minimum Gasteiger partial charge on any atom is -0.497 e. The van der Waals surface area contributed by atoms with Crippen LogP contribution in [0.15, 0.2) is 71.1 Å². The van der Waals surface area contributed by atoms with Crippen LogP contribution in [0.5, 0.6) is 11.5 Å². The number of thiazole rings is 1. The molecule has 1 N–H and O–H groups in total. The van der Waals surface area contributed by atoms with Crippen LogP contribution in [0.1, 0.15) is 31.0 Å². The number of rotatable bonds is 10. The van der Waals surface area contributed by atoms with Gasteiger partial charge in [0, 0.05) is 29.2 Å². The molecule has 0 fully saturated rings. The van der Waals surface area contributed by atoms with E-state index < -0.39 is 16.5 Å². The van der Waals surface area contributed by atoms with Gasteiger partial charge in [-0.3, -0.25) is 4.31 Å². The normalized spacial score (nSPS) is 12.7. The molecule has 0 radical (unpaired) electrons. The van der Waals surface area contributed by atoms with Gasteiger partial charge in [0.1, 0.15) is 23.1 Å². The van der Waals surface area contributed by atoms with Crippen molar-refractivity contribution in [3.8, 4) is 11.5 Å². The summed E-state index contributed by atoms with van der Waals surface area (Å²) in [7, 11) is 2.38. The molecule has 1 aromatic heterocycles. The van der Waals surface area contributed by atoms with Crippen LogP contribution in [0, 0.1) is 11.6 Å². The summed E-state index contributed by atoms with van der Waals surface area (Å²) >= 11 is 8.13. The van der Waals surface area contributed by atoms with E-state index in [-0.39, 0.29) is 11.9 Å². The zero-order chi connectivity index (χ0) is 27.2. The largest absolute Gasteiger partial charge is 0.497 e. The number of halogens is 3. The van der Waals surface area contributed by atoms with E-state index in [4.69, 9.17) is 21.1 Å². The summed E-state index contributed by atoms with van der Waals surface area (Å²) in [5.41, 5.74) is 2.06. The van der Waals surface area contributed by atoms with Crippen LogP contribution in [0.3, 0.4) is 0 Å². The Balaban J connectivity index is 1.68. The topological polar surface area (TPSA) is 46.6 Å². The fourth-order valence-electron chi connectivity index (χ4n) is 3.96. The average Bonchev–Trinajstić information content (AvgIpc) is 3.46. The second-order valence-electron chi connectivity index (χ2n) is 8.26. The smallest absolute Gasteiger partial charge is 0.195 e. The highest BCUT2D eigenvalue weighted by atomic mass is 35.5. The number of nitrogens with one attached hydrogen (secondary N) is 1. The molecule has 0 aliphatic heterocycles. The Kier molecular flexibility index (Phi) is 9.25. The van der Waals surface area contributed by atoms with Gasteiger partial charge in [0.05, 0.1) is 36.4 Å². The third-order valence-corrected chi connectivity index (χ3v) is 9.08. The maximum atomic E-state index is 15.7. The lowest BCUT2D eigenvalue weighted by atomic mass is 10.1. The van der Waals surface area contributed by atoms with Gasteiger partial charge in [-0.25, -0.2) is 13.8 Å². The van der Waals surface area contributed by atoms with Gasteiger partial charge in [-0.05, 0) is 61.2 Å². The van der Waals surface area contributed by atoms with Gasteiger partial charge in [-0.2, -0.15) is 0 Å². The van der Waals surface area contributed by atoms with Crippen LogP contribution in [0.4, 0.5) is 19.6 Å². The molecule has 0 aliphatic rings. The highest BCUT2D eigenvalue weighted by Crippen LogP contribution is 2.43. The fourth-order valence-corrected chi connectivity index (χ4v) is 6.90. The molecule has 4 rings (SSSR count). The first kappa shape index (κ1) is 27.9. The Bertz CT molecular complexity index is 1430. The lowest BCUT2D eigenvalue weighted by Gasteiger charge is -2.28.